The maximum Gasteiger partial charge on any atom is 0.411 e. The quantitative estimate of drug-likeness (QED) is 0.375. The van der Waals surface area contributed by atoms with Crippen molar-refractivity contribution in [1.82, 2.24) is 14.9 Å². The SMILES string of the molecule is COC(=O)[C@@H]1C[C@H](Nc2ncc3cc(-c4c(Cl)c(OC)cc(OC)c4Cl)ccc3n2)CN1C(=O)OC(C)(C)C. The van der Waals surface area contributed by atoms with E-state index in [1.165, 1.54) is 26.2 Å². The molecule has 1 N–H and O–H groups in total. The summed E-state index contributed by atoms with van der Waals surface area (Å²) in [5.41, 5.74) is 1.28. The van der Waals surface area contributed by atoms with Crippen molar-refractivity contribution in [1.29, 1.82) is 0 Å². The van der Waals surface area contributed by atoms with Gasteiger partial charge in [0.1, 0.15) is 23.1 Å². The molecule has 12 heteroatoms. The second-order valence-corrected chi connectivity index (χ2v) is 10.8. The highest BCUT2D eigenvalue weighted by atomic mass is 35.5. The van der Waals surface area contributed by atoms with E-state index in [0.717, 1.165) is 10.9 Å². The summed E-state index contributed by atoms with van der Waals surface area (Å²) in [6.45, 7) is 5.53. The predicted octanol–water partition coefficient (Wildman–Crippen LogP) is 5.58. The van der Waals surface area contributed by atoms with Crippen molar-refractivity contribution in [2.24, 2.45) is 0 Å². The van der Waals surface area contributed by atoms with E-state index in [4.69, 9.17) is 42.1 Å². The topological polar surface area (TPSA) is 112 Å². The Labute approximate surface area is 236 Å². The second kappa shape index (κ2) is 11.3. The van der Waals surface area contributed by atoms with Crippen LogP contribution in [0.1, 0.15) is 27.2 Å². The molecule has 1 amide bonds. The van der Waals surface area contributed by atoms with E-state index in [1.54, 1.807) is 33.0 Å². The molecule has 3 aromatic rings. The number of nitrogens with zero attached hydrogens (tertiary/aromatic N) is 3. The largest absolute Gasteiger partial charge is 0.495 e. The minimum Gasteiger partial charge on any atom is -0.495 e. The molecule has 10 nitrogen and oxygen atoms in total. The van der Waals surface area contributed by atoms with Crippen LogP contribution in [0.25, 0.3) is 22.0 Å². The van der Waals surface area contributed by atoms with Gasteiger partial charge in [0.25, 0.3) is 0 Å². The molecule has 0 spiro atoms. The average molecular weight is 577 g/mol. The third-order valence-electron chi connectivity index (χ3n) is 6.18. The molecule has 39 heavy (non-hydrogen) atoms. The Morgan fingerprint density at radius 3 is 2.31 bits per heavy atom. The highest BCUT2D eigenvalue weighted by molar-refractivity contribution is 6.41. The van der Waals surface area contributed by atoms with Crippen LogP contribution in [-0.4, -0.2) is 72.5 Å². The zero-order valence-corrected chi connectivity index (χ0v) is 24.0. The first-order valence-corrected chi connectivity index (χ1v) is 12.9. The van der Waals surface area contributed by atoms with Crippen LogP contribution in [0, 0.1) is 0 Å². The number of amides is 1. The Morgan fingerprint density at radius 1 is 1.05 bits per heavy atom. The number of rotatable bonds is 6. The number of fused-ring (bicyclic) bond motifs is 1. The highest BCUT2D eigenvalue weighted by Gasteiger charge is 2.42. The minimum atomic E-state index is -0.778. The fourth-order valence-corrected chi connectivity index (χ4v) is 5.12. The van der Waals surface area contributed by atoms with Gasteiger partial charge in [-0.05, 0) is 38.5 Å². The van der Waals surface area contributed by atoms with Crippen LogP contribution in [-0.2, 0) is 14.3 Å². The van der Waals surface area contributed by atoms with E-state index < -0.39 is 23.7 Å². The number of anilines is 1. The number of carbonyl (C=O) groups excluding carboxylic acids is 2. The van der Waals surface area contributed by atoms with Crippen molar-refractivity contribution in [2.75, 3.05) is 33.2 Å². The molecular weight excluding hydrogens is 547 g/mol. The zero-order chi connectivity index (χ0) is 28.5. The number of hydrogen-bond acceptors (Lipinski definition) is 9. The normalized spacial score (nSPS) is 17.2. The lowest BCUT2D eigenvalue weighted by Gasteiger charge is -2.27. The lowest BCUT2D eigenvalue weighted by molar-refractivity contribution is -0.145. The van der Waals surface area contributed by atoms with Crippen molar-refractivity contribution in [2.45, 2.75) is 44.9 Å². The summed E-state index contributed by atoms with van der Waals surface area (Å²) in [4.78, 5) is 35.6. The first kappa shape index (κ1) is 28.5. The third kappa shape index (κ3) is 6.07. The number of halogens is 2. The van der Waals surface area contributed by atoms with Gasteiger partial charge in [-0.25, -0.2) is 19.6 Å². The van der Waals surface area contributed by atoms with Crippen molar-refractivity contribution < 1.29 is 28.5 Å². The van der Waals surface area contributed by atoms with E-state index in [0.29, 0.717) is 45.0 Å². The van der Waals surface area contributed by atoms with Gasteiger partial charge in [-0.1, -0.05) is 29.3 Å². The van der Waals surface area contributed by atoms with E-state index in [1.807, 2.05) is 18.2 Å². The first-order valence-electron chi connectivity index (χ1n) is 12.2. The first-order chi connectivity index (χ1) is 18.4. The Bertz CT molecular complexity index is 1380. The van der Waals surface area contributed by atoms with Crippen LogP contribution in [0.15, 0.2) is 30.5 Å². The number of hydrogen-bond donors (Lipinski definition) is 1. The molecule has 1 aromatic heterocycles. The number of likely N-dealkylation sites (tertiary alicyclic amines) is 1. The van der Waals surface area contributed by atoms with Gasteiger partial charge in [0.15, 0.2) is 0 Å². The average Bonchev–Trinajstić information content (AvgIpc) is 3.31. The predicted molar refractivity (Wildman–Crippen MR) is 149 cm³/mol. The molecule has 1 aliphatic rings. The fraction of sp³-hybridized carbons (Fsp3) is 0.407. The van der Waals surface area contributed by atoms with E-state index >= 15 is 0 Å². The van der Waals surface area contributed by atoms with Crippen molar-refractivity contribution >= 4 is 52.1 Å². The number of methoxy groups -OCH3 is 3. The Morgan fingerprint density at radius 2 is 1.72 bits per heavy atom. The maximum absolute atomic E-state index is 12.7. The van der Waals surface area contributed by atoms with E-state index in [2.05, 4.69) is 15.3 Å². The summed E-state index contributed by atoms with van der Waals surface area (Å²) in [6.07, 6.45) is 1.41. The van der Waals surface area contributed by atoms with Crippen LogP contribution in [0.2, 0.25) is 10.0 Å². The van der Waals surface area contributed by atoms with Gasteiger partial charge < -0.3 is 24.3 Å². The fourth-order valence-electron chi connectivity index (χ4n) is 4.40. The maximum atomic E-state index is 12.7. The van der Waals surface area contributed by atoms with Crippen molar-refractivity contribution in [3.05, 3.63) is 40.5 Å². The molecule has 0 radical (unpaired) electrons. The Balaban J connectivity index is 1.58. The minimum absolute atomic E-state index is 0.226. The molecule has 4 rings (SSSR count). The van der Waals surface area contributed by atoms with Gasteiger partial charge in [0, 0.05) is 42.2 Å². The molecule has 208 valence electrons. The van der Waals surface area contributed by atoms with E-state index in [-0.39, 0.29) is 12.6 Å². The number of carbonyl (C=O) groups is 2. The van der Waals surface area contributed by atoms with Gasteiger partial charge in [-0.15, -0.1) is 0 Å². The molecule has 1 saturated heterocycles. The van der Waals surface area contributed by atoms with Gasteiger partial charge in [0.2, 0.25) is 5.95 Å². The second-order valence-electron chi connectivity index (χ2n) is 10.00. The molecule has 0 bridgehead atoms. The molecule has 0 unspecified atom stereocenters. The van der Waals surface area contributed by atoms with Crippen molar-refractivity contribution in [3.8, 4) is 22.6 Å². The molecule has 0 saturated carbocycles. The molecule has 2 heterocycles. The lowest BCUT2D eigenvalue weighted by Crippen LogP contribution is -2.44. The van der Waals surface area contributed by atoms with Gasteiger partial charge in [-0.2, -0.15) is 0 Å². The number of benzene rings is 2. The summed E-state index contributed by atoms with van der Waals surface area (Å²) in [5, 5.41) is 4.70. The summed E-state index contributed by atoms with van der Waals surface area (Å²) < 4.78 is 21.2. The van der Waals surface area contributed by atoms with Gasteiger partial charge in [-0.3, -0.25) is 4.90 Å². The Kier molecular flexibility index (Phi) is 8.27. The number of ether oxygens (including phenoxy) is 4. The zero-order valence-electron chi connectivity index (χ0n) is 22.5. The summed E-state index contributed by atoms with van der Waals surface area (Å²) in [5.74, 6) is 0.717. The van der Waals surface area contributed by atoms with Gasteiger partial charge in [0.05, 0.1) is 36.9 Å². The monoisotopic (exact) mass is 576 g/mol. The van der Waals surface area contributed by atoms with Crippen LogP contribution < -0.4 is 14.8 Å². The van der Waals surface area contributed by atoms with Crippen LogP contribution in [0.3, 0.4) is 0 Å². The summed E-state index contributed by atoms with van der Waals surface area (Å²) >= 11 is 13.2. The third-order valence-corrected chi connectivity index (χ3v) is 6.93. The van der Waals surface area contributed by atoms with Crippen molar-refractivity contribution in [3.63, 3.8) is 0 Å². The standard InChI is InChI=1S/C27H30Cl2N4O6/c1-27(2,3)39-26(35)33-13-16(10-18(33)24(34)38-6)31-25-30-12-15-9-14(7-8-17(15)32-25)21-22(28)19(36-4)11-20(37-5)23(21)29/h7-9,11-12,16,18H,10,13H2,1-6H3,(H,30,31,32)/t16-,18-/m0/s1. The highest BCUT2D eigenvalue weighted by Crippen LogP contribution is 2.46. The number of aromatic nitrogens is 2. The summed E-state index contributed by atoms with van der Waals surface area (Å²) in [6, 6.07) is 6.11. The number of esters is 1. The van der Waals surface area contributed by atoms with Crippen LogP contribution in [0.5, 0.6) is 11.5 Å². The molecule has 2 aromatic carbocycles. The smallest absolute Gasteiger partial charge is 0.411 e. The van der Waals surface area contributed by atoms with E-state index in [9.17, 15) is 9.59 Å². The molecular formula is C27H30Cl2N4O6. The molecule has 1 aliphatic heterocycles. The molecule has 1 fully saturated rings. The molecule has 0 aliphatic carbocycles. The Hall–Kier alpha value is -3.50. The summed E-state index contributed by atoms with van der Waals surface area (Å²) in [7, 11) is 4.33. The number of nitrogens with one attached hydrogen (secondary N) is 1. The molecule has 2 atom stereocenters. The van der Waals surface area contributed by atoms with Crippen LogP contribution >= 0.6 is 23.2 Å². The van der Waals surface area contributed by atoms with Gasteiger partial charge >= 0.3 is 12.1 Å². The lowest BCUT2D eigenvalue weighted by atomic mass is 10.0. The van der Waals surface area contributed by atoms with Crippen LogP contribution in [0.4, 0.5) is 10.7 Å².